The first-order valence-corrected chi connectivity index (χ1v) is 7.74. The maximum Gasteiger partial charge on any atom is 0.224 e. The van der Waals surface area contributed by atoms with Crippen LogP contribution in [0.25, 0.3) is 0 Å². The number of unbranched alkanes of at least 4 members (excludes halogenated alkanes) is 3. The predicted molar refractivity (Wildman–Crippen MR) is 82.7 cm³/mol. The zero-order chi connectivity index (χ0) is 15.1. The van der Waals surface area contributed by atoms with Gasteiger partial charge in [-0.25, -0.2) is 0 Å². The number of aryl methyl sites for hydroxylation is 2. The molecular formula is C16H29N3O. The molecule has 1 aromatic rings. The molecule has 114 valence electrons. The topological polar surface area (TPSA) is 46.9 Å². The third kappa shape index (κ3) is 4.99. The van der Waals surface area contributed by atoms with Crippen molar-refractivity contribution in [1.82, 2.24) is 15.1 Å². The average Bonchev–Trinajstić information content (AvgIpc) is 2.61. The van der Waals surface area contributed by atoms with Gasteiger partial charge in [0.1, 0.15) is 0 Å². The smallest absolute Gasteiger partial charge is 0.224 e. The lowest BCUT2D eigenvalue weighted by Gasteiger charge is -2.14. The molecule has 0 saturated carbocycles. The van der Waals surface area contributed by atoms with Gasteiger partial charge in [-0.15, -0.1) is 0 Å². The summed E-state index contributed by atoms with van der Waals surface area (Å²) in [5.74, 6) is 0.104. The normalized spacial score (nSPS) is 12.4. The lowest BCUT2D eigenvalue weighted by atomic mass is 10.1. The Bertz CT molecular complexity index is 437. The summed E-state index contributed by atoms with van der Waals surface area (Å²) in [6.45, 7) is 8.27. The fraction of sp³-hybridized carbons (Fsp3) is 0.750. The van der Waals surface area contributed by atoms with Crippen LogP contribution in [0.2, 0.25) is 0 Å². The Labute approximate surface area is 122 Å². The highest BCUT2D eigenvalue weighted by Gasteiger charge is 2.14. The lowest BCUT2D eigenvalue weighted by Crippen LogP contribution is -2.33. The largest absolute Gasteiger partial charge is 0.353 e. The molecule has 1 aromatic heterocycles. The van der Waals surface area contributed by atoms with E-state index in [0.29, 0.717) is 6.42 Å². The number of aromatic nitrogens is 2. The molecule has 0 fully saturated rings. The summed E-state index contributed by atoms with van der Waals surface area (Å²) >= 11 is 0. The Morgan fingerprint density at radius 1 is 1.30 bits per heavy atom. The van der Waals surface area contributed by atoms with Crippen LogP contribution in [0.15, 0.2) is 0 Å². The fourth-order valence-corrected chi connectivity index (χ4v) is 2.51. The molecule has 1 amide bonds. The second kappa shape index (κ2) is 8.08. The number of hydrogen-bond acceptors (Lipinski definition) is 2. The molecule has 0 spiro atoms. The second-order valence-corrected chi connectivity index (χ2v) is 5.77. The molecule has 0 saturated heterocycles. The molecule has 0 aliphatic heterocycles. The standard InChI is InChI=1S/C16H29N3O/c1-6-7-8-9-10-12(2)17-16(20)11-15-13(3)18-19(5)14(15)4/h12H,6-11H2,1-5H3,(H,17,20). The van der Waals surface area contributed by atoms with Crippen LogP contribution in [0.5, 0.6) is 0 Å². The molecule has 0 radical (unpaired) electrons. The van der Waals surface area contributed by atoms with Crippen LogP contribution in [-0.2, 0) is 18.3 Å². The number of rotatable bonds is 8. The van der Waals surface area contributed by atoms with E-state index in [1.165, 1.54) is 25.7 Å². The first kappa shape index (κ1) is 16.7. The van der Waals surface area contributed by atoms with Gasteiger partial charge in [0, 0.05) is 24.3 Å². The van der Waals surface area contributed by atoms with E-state index in [4.69, 9.17) is 0 Å². The number of carbonyl (C=O) groups is 1. The third-order valence-electron chi connectivity index (χ3n) is 3.89. The maximum absolute atomic E-state index is 12.1. The molecule has 1 N–H and O–H groups in total. The van der Waals surface area contributed by atoms with Crippen molar-refractivity contribution in [3.8, 4) is 0 Å². The Morgan fingerprint density at radius 3 is 2.55 bits per heavy atom. The molecule has 4 heteroatoms. The summed E-state index contributed by atoms with van der Waals surface area (Å²) in [7, 11) is 1.92. The molecule has 20 heavy (non-hydrogen) atoms. The van der Waals surface area contributed by atoms with Crippen molar-refractivity contribution < 1.29 is 4.79 Å². The van der Waals surface area contributed by atoms with Crippen LogP contribution in [-0.4, -0.2) is 21.7 Å². The Morgan fingerprint density at radius 2 is 2.00 bits per heavy atom. The lowest BCUT2D eigenvalue weighted by molar-refractivity contribution is -0.121. The summed E-state index contributed by atoms with van der Waals surface area (Å²) in [5, 5.41) is 7.44. The van der Waals surface area contributed by atoms with Crippen LogP contribution in [0.3, 0.4) is 0 Å². The number of amides is 1. The third-order valence-corrected chi connectivity index (χ3v) is 3.89. The second-order valence-electron chi connectivity index (χ2n) is 5.77. The van der Waals surface area contributed by atoms with Gasteiger partial charge in [0.2, 0.25) is 5.91 Å². The van der Waals surface area contributed by atoms with Crippen LogP contribution >= 0.6 is 0 Å². The van der Waals surface area contributed by atoms with E-state index >= 15 is 0 Å². The molecular weight excluding hydrogens is 250 g/mol. The van der Waals surface area contributed by atoms with Crippen molar-refractivity contribution in [1.29, 1.82) is 0 Å². The molecule has 4 nitrogen and oxygen atoms in total. The minimum atomic E-state index is 0.104. The highest BCUT2D eigenvalue weighted by atomic mass is 16.1. The number of nitrogens with one attached hydrogen (secondary N) is 1. The Hall–Kier alpha value is -1.32. The van der Waals surface area contributed by atoms with Gasteiger partial charge < -0.3 is 5.32 Å². The first-order valence-electron chi connectivity index (χ1n) is 7.74. The van der Waals surface area contributed by atoms with Crippen LogP contribution < -0.4 is 5.32 Å². The van der Waals surface area contributed by atoms with E-state index in [-0.39, 0.29) is 11.9 Å². The van der Waals surface area contributed by atoms with Crippen molar-refractivity contribution >= 4 is 5.91 Å². The zero-order valence-electron chi connectivity index (χ0n) is 13.6. The highest BCUT2D eigenvalue weighted by molar-refractivity contribution is 5.79. The van der Waals surface area contributed by atoms with E-state index in [1.807, 2.05) is 25.6 Å². The molecule has 0 aromatic carbocycles. The van der Waals surface area contributed by atoms with E-state index < -0.39 is 0 Å². The minimum Gasteiger partial charge on any atom is -0.353 e. The molecule has 1 atom stereocenters. The van der Waals surface area contributed by atoms with Crippen LogP contribution in [0, 0.1) is 13.8 Å². The Kier molecular flexibility index (Phi) is 6.76. The van der Waals surface area contributed by atoms with Gasteiger partial charge in [-0.2, -0.15) is 5.10 Å². The maximum atomic E-state index is 12.1. The van der Waals surface area contributed by atoms with Gasteiger partial charge in [-0.3, -0.25) is 9.48 Å². The molecule has 0 aliphatic rings. The SMILES string of the molecule is CCCCCCC(C)NC(=O)Cc1c(C)nn(C)c1C. The molecule has 1 rings (SSSR count). The van der Waals surface area contributed by atoms with E-state index in [0.717, 1.165) is 23.4 Å². The number of hydrogen-bond donors (Lipinski definition) is 1. The minimum absolute atomic E-state index is 0.104. The van der Waals surface area contributed by atoms with E-state index in [2.05, 4.69) is 24.3 Å². The monoisotopic (exact) mass is 279 g/mol. The summed E-state index contributed by atoms with van der Waals surface area (Å²) in [6.07, 6.45) is 6.49. The highest BCUT2D eigenvalue weighted by Crippen LogP contribution is 2.13. The van der Waals surface area contributed by atoms with Crippen molar-refractivity contribution in [3.05, 3.63) is 17.0 Å². The molecule has 1 unspecified atom stereocenters. The van der Waals surface area contributed by atoms with Gasteiger partial charge >= 0.3 is 0 Å². The van der Waals surface area contributed by atoms with Gasteiger partial charge in [-0.05, 0) is 27.2 Å². The quantitative estimate of drug-likeness (QED) is 0.743. The van der Waals surface area contributed by atoms with Gasteiger partial charge in [0.05, 0.1) is 12.1 Å². The summed E-state index contributed by atoms with van der Waals surface area (Å²) in [6, 6.07) is 0.261. The molecule has 0 bridgehead atoms. The summed E-state index contributed by atoms with van der Waals surface area (Å²) in [4.78, 5) is 12.1. The van der Waals surface area contributed by atoms with Crippen LogP contribution in [0.4, 0.5) is 0 Å². The Balaban J connectivity index is 2.39. The predicted octanol–water partition coefficient (Wildman–Crippen LogP) is 3.05. The summed E-state index contributed by atoms with van der Waals surface area (Å²) in [5.41, 5.74) is 3.09. The average molecular weight is 279 g/mol. The van der Waals surface area contributed by atoms with Crippen molar-refractivity contribution in [2.24, 2.45) is 7.05 Å². The fourth-order valence-electron chi connectivity index (χ4n) is 2.51. The van der Waals surface area contributed by atoms with Gasteiger partial charge in [-0.1, -0.05) is 32.6 Å². The van der Waals surface area contributed by atoms with Crippen molar-refractivity contribution in [2.75, 3.05) is 0 Å². The zero-order valence-corrected chi connectivity index (χ0v) is 13.6. The van der Waals surface area contributed by atoms with Gasteiger partial charge in [0.15, 0.2) is 0 Å². The summed E-state index contributed by atoms with van der Waals surface area (Å²) < 4.78 is 1.84. The van der Waals surface area contributed by atoms with Gasteiger partial charge in [0.25, 0.3) is 0 Å². The number of nitrogens with zero attached hydrogens (tertiary/aromatic N) is 2. The molecule has 1 heterocycles. The van der Waals surface area contributed by atoms with E-state index in [1.54, 1.807) is 0 Å². The van der Waals surface area contributed by atoms with Crippen molar-refractivity contribution in [3.63, 3.8) is 0 Å². The molecule has 0 aliphatic carbocycles. The van der Waals surface area contributed by atoms with E-state index in [9.17, 15) is 4.79 Å². The first-order chi connectivity index (χ1) is 9.45. The van der Waals surface area contributed by atoms with Crippen LogP contribution in [0.1, 0.15) is 62.9 Å². The number of carbonyl (C=O) groups excluding carboxylic acids is 1. The van der Waals surface area contributed by atoms with Crippen molar-refractivity contribution in [2.45, 2.75) is 72.3 Å².